The summed E-state index contributed by atoms with van der Waals surface area (Å²) in [4.78, 5) is 12.2. The van der Waals surface area contributed by atoms with E-state index in [0.29, 0.717) is 10.9 Å². The number of amides is 1. The highest BCUT2D eigenvalue weighted by molar-refractivity contribution is 9.09. The Morgan fingerprint density at radius 2 is 1.95 bits per heavy atom. The van der Waals surface area contributed by atoms with Gasteiger partial charge in [-0.15, -0.1) is 0 Å². The van der Waals surface area contributed by atoms with E-state index in [1.54, 1.807) is 19.1 Å². The first-order valence-electron chi connectivity index (χ1n) is 6.33. The number of phenolic OH excluding ortho intramolecular Hbond substituents is 1. The van der Waals surface area contributed by atoms with Crippen molar-refractivity contribution in [3.8, 4) is 5.75 Å². The van der Waals surface area contributed by atoms with E-state index in [1.807, 2.05) is 30.3 Å². The van der Waals surface area contributed by atoms with E-state index in [1.165, 1.54) is 6.07 Å². The van der Waals surface area contributed by atoms with E-state index < -0.39 is 0 Å². The van der Waals surface area contributed by atoms with Crippen LogP contribution in [0.5, 0.6) is 5.75 Å². The standard InChI is InChI=1S/C16H16BrNO2/c1-11-7-8-13(9-15(11)19)16(20)18-14(10-17)12-5-3-2-4-6-12/h2-9,14,19H,10H2,1H3,(H,18,20). The molecule has 0 radical (unpaired) electrons. The minimum absolute atomic E-state index is 0.104. The van der Waals surface area contributed by atoms with Crippen molar-refractivity contribution in [3.05, 3.63) is 65.2 Å². The van der Waals surface area contributed by atoms with Gasteiger partial charge in [0.05, 0.1) is 6.04 Å². The Morgan fingerprint density at radius 1 is 1.25 bits per heavy atom. The molecule has 4 heteroatoms. The normalized spacial score (nSPS) is 11.9. The SMILES string of the molecule is Cc1ccc(C(=O)NC(CBr)c2ccccc2)cc1O. The molecule has 0 heterocycles. The summed E-state index contributed by atoms with van der Waals surface area (Å²) >= 11 is 3.42. The van der Waals surface area contributed by atoms with Crippen LogP contribution in [0.1, 0.15) is 27.5 Å². The Morgan fingerprint density at radius 3 is 2.55 bits per heavy atom. The molecule has 104 valence electrons. The number of hydrogen-bond acceptors (Lipinski definition) is 2. The number of aryl methyl sites for hydroxylation is 1. The van der Waals surface area contributed by atoms with Gasteiger partial charge in [0.15, 0.2) is 0 Å². The predicted octanol–water partition coefficient (Wildman–Crippen LogP) is 3.57. The minimum atomic E-state index is -0.200. The highest BCUT2D eigenvalue weighted by Crippen LogP contribution is 2.19. The van der Waals surface area contributed by atoms with Gasteiger partial charge in [-0.25, -0.2) is 0 Å². The molecule has 0 aliphatic heterocycles. The van der Waals surface area contributed by atoms with Gasteiger partial charge >= 0.3 is 0 Å². The molecule has 2 aromatic carbocycles. The van der Waals surface area contributed by atoms with Gasteiger partial charge in [0.1, 0.15) is 5.75 Å². The van der Waals surface area contributed by atoms with Crippen LogP contribution in [-0.4, -0.2) is 16.3 Å². The molecule has 3 nitrogen and oxygen atoms in total. The molecule has 20 heavy (non-hydrogen) atoms. The summed E-state index contributed by atoms with van der Waals surface area (Å²) in [7, 11) is 0. The maximum Gasteiger partial charge on any atom is 0.251 e. The van der Waals surface area contributed by atoms with Crippen LogP contribution in [0.3, 0.4) is 0 Å². The zero-order valence-electron chi connectivity index (χ0n) is 11.1. The lowest BCUT2D eigenvalue weighted by Gasteiger charge is -2.17. The number of halogens is 1. The van der Waals surface area contributed by atoms with Crippen molar-refractivity contribution in [2.45, 2.75) is 13.0 Å². The molecule has 1 unspecified atom stereocenters. The van der Waals surface area contributed by atoms with Crippen LogP contribution >= 0.6 is 15.9 Å². The molecule has 1 atom stereocenters. The maximum absolute atomic E-state index is 12.2. The zero-order chi connectivity index (χ0) is 14.5. The summed E-state index contributed by atoms with van der Waals surface area (Å²) < 4.78 is 0. The molecule has 0 spiro atoms. The van der Waals surface area contributed by atoms with Crippen molar-refractivity contribution >= 4 is 21.8 Å². The summed E-state index contributed by atoms with van der Waals surface area (Å²) in [5.41, 5.74) is 2.24. The number of hydrogen-bond donors (Lipinski definition) is 2. The molecule has 0 saturated heterocycles. The van der Waals surface area contributed by atoms with Gasteiger partial charge in [-0.1, -0.05) is 52.3 Å². The molecule has 0 aromatic heterocycles. The summed E-state index contributed by atoms with van der Waals surface area (Å²) in [6.07, 6.45) is 0. The van der Waals surface area contributed by atoms with Crippen LogP contribution in [0.15, 0.2) is 48.5 Å². The van der Waals surface area contributed by atoms with E-state index in [0.717, 1.165) is 11.1 Å². The third-order valence-electron chi connectivity index (χ3n) is 3.13. The average Bonchev–Trinajstić information content (AvgIpc) is 2.48. The Labute approximate surface area is 126 Å². The van der Waals surface area contributed by atoms with E-state index in [2.05, 4.69) is 21.2 Å². The summed E-state index contributed by atoms with van der Waals surface area (Å²) in [6, 6.07) is 14.6. The number of carbonyl (C=O) groups excluding carboxylic acids is 1. The van der Waals surface area contributed by atoms with Gasteiger partial charge in [0, 0.05) is 10.9 Å². The Balaban J connectivity index is 2.15. The quantitative estimate of drug-likeness (QED) is 0.840. The molecule has 2 rings (SSSR count). The van der Waals surface area contributed by atoms with Gasteiger partial charge in [-0.05, 0) is 30.2 Å². The lowest BCUT2D eigenvalue weighted by atomic mass is 10.1. The van der Waals surface area contributed by atoms with Crippen LogP contribution in [0.25, 0.3) is 0 Å². The number of rotatable bonds is 4. The number of carbonyl (C=O) groups is 1. The summed E-state index contributed by atoms with van der Waals surface area (Å²) in [6.45, 7) is 1.79. The second-order valence-electron chi connectivity index (χ2n) is 4.59. The van der Waals surface area contributed by atoms with Crippen molar-refractivity contribution < 1.29 is 9.90 Å². The molecule has 2 N–H and O–H groups in total. The summed E-state index contributed by atoms with van der Waals surface area (Å²) in [5, 5.41) is 13.2. The van der Waals surface area contributed by atoms with Gasteiger partial charge in [0.25, 0.3) is 5.91 Å². The highest BCUT2D eigenvalue weighted by Gasteiger charge is 2.15. The van der Waals surface area contributed by atoms with Crippen LogP contribution in [0, 0.1) is 6.92 Å². The van der Waals surface area contributed by atoms with Gasteiger partial charge in [0.2, 0.25) is 0 Å². The Kier molecular flexibility index (Phi) is 4.79. The fourth-order valence-corrected chi connectivity index (χ4v) is 2.42. The maximum atomic E-state index is 12.2. The number of phenols is 1. The molecular weight excluding hydrogens is 318 g/mol. The van der Waals surface area contributed by atoms with Crippen molar-refractivity contribution in [1.29, 1.82) is 0 Å². The molecule has 0 aliphatic carbocycles. The van der Waals surface area contributed by atoms with E-state index in [9.17, 15) is 9.90 Å². The zero-order valence-corrected chi connectivity index (χ0v) is 12.7. The fraction of sp³-hybridized carbons (Fsp3) is 0.188. The Bertz CT molecular complexity index is 599. The first-order valence-corrected chi connectivity index (χ1v) is 7.45. The van der Waals surface area contributed by atoms with Gasteiger partial charge in [-0.3, -0.25) is 4.79 Å². The minimum Gasteiger partial charge on any atom is -0.508 e. The van der Waals surface area contributed by atoms with E-state index in [-0.39, 0.29) is 17.7 Å². The number of benzene rings is 2. The molecule has 1 amide bonds. The van der Waals surface area contributed by atoms with Gasteiger partial charge in [-0.2, -0.15) is 0 Å². The topological polar surface area (TPSA) is 49.3 Å². The smallest absolute Gasteiger partial charge is 0.251 e. The monoisotopic (exact) mass is 333 g/mol. The van der Waals surface area contributed by atoms with E-state index >= 15 is 0 Å². The third-order valence-corrected chi connectivity index (χ3v) is 3.78. The van der Waals surface area contributed by atoms with Crippen LogP contribution in [0.4, 0.5) is 0 Å². The number of nitrogens with one attached hydrogen (secondary N) is 1. The summed E-state index contributed by atoms with van der Waals surface area (Å²) in [5.74, 6) is -0.0682. The lowest BCUT2D eigenvalue weighted by Crippen LogP contribution is -2.29. The fourth-order valence-electron chi connectivity index (χ4n) is 1.89. The average molecular weight is 334 g/mol. The van der Waals surface area contributed by atoms with E-state index in [4.69, 9.17) is 0 Å². The molecule has 0 aliphatic rings. The first kappa shape index (κ1) is 14.6. The number of alkyl halides is 1. The van der Waals surface area contributed by atoms with Crippen molar-refractivity contribution in [3.63, 3.8) is 0 Å². The van der Waals surface area contributed by atoms with Crippen molar-refractivity contribution in [2.24, 2.45) is 0 Å². The Hall–Kier alpha value is -1.81. The second kappa shape index (κ2) is 6.57. The number of aromatic hydroxyl groups is 1. The van der Waals surface area contributed by atoms with Crippen LogP contribution in [0.2, 0.25) is 0 Å². The highest BCUT2D eigenvalue weighted by atomic mass is 79.9. The molecule has 0 bridgehead atoms. The molecule has 0 saturated carbocycles. The molecule has 2 aromatic rings. The van der Waals surface area contributed by atoms with Crippen molar-refractivity contribution in [1.82, 2.24) is 5.32 Å². The first-order chi connectivity index (χ1) is 9.61. The van der Waals surface area contributed by atoms with Crippen molar-refractivity contribution in [2.75, 3.05) is 5.33 Å². The van der Waals surface area contributed by atoms with Gasteiger partial charge < -0.3 is 10.4 Å². The third kappa shape index (κ3) is 3.39. The largest absolute Gasteiger partial charge is 0.508 e. The molecular formula is C16H16BrNO2. The molecule has 0 fully saturated rings. The van der Waals surface area contributed by atoms with Crippen LogP contribution < -0.4 is 5.32 Å². The lowest BCUT2D eigenvalue weighted by molar-refractivity contribution is 0.0940. The second-order valence-corrected chi connectivity index (χ2v) is 5.24. The predicted molar refractivity (Wildman–Crippen MR) is 83.3 cm³/mol. The van der Waals surface area contributed by atoms with Crippen LogP contribution in [-0.2, 0) is 0 Å².